The Morgan fingerprint density at radius 3 is 1.69 bits per heavy atom. The number of ether oxygens (including phenoxy) is 4. The Morgan fingerprint density at radius 2 is 1.24 bits per heavy atom. The van der Waals surface area contributed by atoms with Crippen molar-refractivity contribution < 1.29 is 18.9 Å². The fourth-order valence-electron chi connectivity index (χ4n) is 5.14. The van der Waals surface area contributed by atoms with E-state index in [0.29, 0.717) is 26.4 Å². The molecular weight excluding hydrogens is 364 g/mol. The summed E-state index contributed by atoms with van der Waals surface area (Å²) in [4.78, 5) is 0. The highest BCUT2D eigenvalue weighted by Gasteiger charge is 2.36. The first-order chi connectivity index (χ1) is 13.9. The molecule has 2 unspecified atom stereocenters. The van der Waals surface area contributed by atoms with Crippen LogP contribution in [0.3, 0.4) is 0 Å². The van der Waals surface area contributed by atoms with E-state index >= 15 is 0 Å². The molecule has 2 atom stereocenters. The molecule has 1 aliphatic carbocycles. The minimum atomic E-state index is -0.412. The van der Waals surface area contributed by atoms with Crippen molar-refractivity contribution in [1.82, 2.24) is 0 Å². The lowest BCUT2D eigenvalue weighted by Gasteiger charge is -2.41. The molecule has 0 aliphatic heterocycles. The molecular formula is C25H42O4. The van der Waals surface area contributed by atoms with Gasteiger partial charge in [-0.05, 0) is 75.8 Å². The van der Waals surface area contributed by atoms with E-state index in [9.17, 15) is 0 Å². The van der Waals surface area contributed by atoms with Crippen LogP contribution in [-0.4, -0.2) is 26.4 Å². The zero-order chi connectivity index (χ0) is 21.4. The first kappa shape index (κ1) is 24.3. The van der Waals surface area contributed by atoms with Gasteiger partial charge < -0.3 is 18.9 Å². The molecule has 1 saturated carbocycles. The summed E-state index contributed by atoms with van der Waals surface area (Å²) in [5, 5.41) is 0. The molecule has 1 fully saturated rings. The molecule has 29 heavy (non-hydrogen) atoms. The average Bonchev–Trinajstić information content (AvgIpc) is 2.66. The number of benzene rings is 1. The van der Waals surface area contributed by atoms with E-state index in [1.807, 2.05) is 27.7 Å². The Morgan fingerprint density at radius 1 is 0.793 bits per heavy atom. The van der Waals surface area contributed by atoms with E-state index in [4.69, 9.17) is 18.9 Å². The zero-order valence-electron chi connectivity index (χ0n) is 19.6. The molecule has 0 bridgehead atoms. The molecule has 2 rings (SSSR count). The number of hydrogen-bond acceptors (Lipinski definition) is 4. The van der Waals surface area contributed by atoms with Crippen LogP contribution in [-0.2, 0) is 24.4 Å². The molecule has 0 N–H and O–H groups in total. The van der Waals surface area contributed by atoms with Crippen molar-refractivity contribution in [1.29, 1.82) is 0 Å². The van der Waals surface area contributed by atoms with Gasteiger partial charge in [0, 0.05) is 37.6 Å². The smallest absolute Gasteiger partial charge is 0.184 e. The molecule has 0 radical (unpaired) electrons. The van der Waals surface area contributed by atoms with E-state index in [-0.39, 0.29) is 5.41 Å². The van der Waals surface area contributed by atoms with E-state index in [1.54, 1.807) is 0 Å². The first-order valence-electron chi connectivity index (χ1n) is 11.5. The first-order valence-corrected chi connectivity index (χ1v) is 11.5. The van der Waals surface area contributed by atoms with Crippen LogP contribution in [0.1, 0.15) is 97.0 Å². The monoisotopic (exact) mass is 406 g/mol. The molecule has 1 aromatic rings. The van der Waals surface area contributed by atoms with Crippen molar-refractivity contribution in [3.8, 4) is 0 Å². The Bertz CT molecular complexity index is 593. The largest absolute Gasteiger partial charge is 0.349 e. The van der Waals surface area contributed by atoms with Crippen LogP contribution < -0.4 is 0 Å². The quantitative estimate of drug-likeness (QED) is 0.391. The van der Waals surface area contributed by atoms with Crippen LogP contribution in [0.15, 0.2) is 18.2 Å². The summed E-state index contributed by atoms with van der Waals surface area (Å²) < 4.78 is 23.9. The Balaban J connectivity index is 2.52. The van der Waals surface area contributed by atoms with Crippen LogP contribution in [0, 0.1) is 11.8 Å². The number of rotatable bonds is 11. The topological polar surface area (TPSA) is 36.9 Å². The Hall–Kier alpha value is -0.940. The van der Waals surface area contributed by atoms with E-state index in [2.05, 4.69) is 39.0 Å². The van der Waals surface area contributed by atoms with Gasteiger partial charge in [0.25, 0.3) is 0 Å². The third kappa shape index (κ3) is 6.27. The van der Waals surface area contributed by atoms with Crippen molar-refractivity contribution in [3.63, 3.8) is 0 Å². The summed E-state index contributed by atoms with van der Waals surface area (Å²) in [6.07, 6.45) is 2.92. The Labute approximate surface area is 178 Å². The highest BCUT2D eigenvalue weighted by Crippen LogP contribution is 2.45. The standard InChI is InChI=1S/C25H42O4/c1-8-26-23(27-9-2)21-13-12-20(15-22(21)24(28-10-3)29-11-4)25(7)16-18(5)14-19(6)17-25/h12-13,15,18-19,23-24H,8-11,14,16-17H2,1-7H3. The van der Waals surface area contributed by atoms with Crippen LogP contribution in [0.2, 0.25) is 0 Å². The van der Waals surface area contributed by atoms with Gasteiger partial charge in [-0.15, -0.1) is 0 Å². The van der Waals surface area contributed by atoms with Crippen molar-refractivity contribution in [3.05, 3.63) is 34.9 Å². The molecule has 0 spiro atoms. The maximum atomic E-state index is 6.00. The van der Waals surface area contributed by atoms with Crippen molar-refractivity contribution in [2.45, 2.75) is 85.7 Å². The minimum Gasteiger partial charge on any atom is -0.349 e. The second-order valence-electron chi connectivity index (χ2n) is 8.74. The second kappa shape index (κ2) is 11.5. The maximum absolute atomic E-state index is 6.00. The predicted octanol–water partition coefficient (Wildman–Crippen LogP) is 6.54. The van der Waals surface area contributed by atoms with Crippen molar-refractivity contribution in [2.24, 2.45) is 11.8 Å². The molecule has 166 valence electrons. The van der Waals surface area contributed by atoms with Crippen LogP contribution in [0.4, 0.5) is 0 Å². The fraction of sp³-hybridized carbons (Fsp3) is 0.760. The molecule has 4 nitrogen and oxygen atoms in total. The van der Waals surface area contributed by atoms with Gasteiger partial charge >= 0.3 is 0 Å². The lowest BCUT2D eigenvalue weighted by atomic mass is 9.64. The van der Waals surface area contributed by atoms with Gasteiger partial charge in [-0.3, -0.25) is 0 Å². The SMILES string of the molecule is CCOC(OCC)c1ccc(C2(C)CC(C)CC(C)C2)cc1C(OCC)OCC. The van der Waals surface area contributed by atoms with Gasteiger partial charge in [0.15, 0.2) is 12.6 Å². The van der Waals surface area contributed by atoms with Gasteiger partial charge in [0.1, 0.15) is 0 Å². The van der Waals surface area contributed by atoms with Crippen LogP contribution in [0.25, 0.3) is 0 Å². The lowest BCUT2D eigenvalue weighted by molar-refractivity contribution is -0.156. The van der Waals surface area contributed by atoms with Gasteiger partial charge in [-0.25, -0.2) is 0 Å². The molecule has 0 heterocycles. The minimum absolute atomic E-state index is 0.167. The summed E-state index contributed by atoms with van der Waals surface area (Å²) in [6.45, 7) is 17.5. The summed E-state index contributed by atoms with van der Waals surface area (Å²) in [5.41, 5.74) is 3.57. The summed E-state index contributed by atoms with van der Waals surface area (Å²) in [7, 11) is 0. The normalized spacial score (nSPS) is 25.1. The Kier molecular flexibility index (Phi) is 9.61. The fourth-order valence-corrected chi connectivity index (χ4v) is 5.14. The van der Waals surface area contributed by atoms with E-state index in [0.717, 1.165) is 23.0 Å². The molecule has 4 heteroatoms. The third-order valence-corrected chi connectivity index (χ3v) is 5.97. The molecule has 0 aromatic heterocycles. The van der Waals surface area contributed by atoms with Gasteiger partial charge in [-0.2, -0.15) is 0 Å². The van der Waals surface area contributed by atoms with Gasteiger partial charge in [0.05, 0.1) is 0 Å². The lowest BCUT2D eigenvalue weighted by Crippen LogP contribution is -2.33. The summed E-state index contributed by atoms with van der Waals surface area (Å²) in [5.74, 6) is 1.47. The number of hydrogen-bond donors (Lipinski definition) is 0. The van der Waals surface area contributed by atoms with Crippen LogP contribution >= 0.6 is 0 Å². The second-order valence-corrected chi connectivity index (χ2v) is 8.74. The predicted molar refractivity (Wildman–Crippen MR) is 118 cm³/mol. The zero-order valence-corrected chi connectivity index (χ0v) is 19.6. The highest BCUT2D eigenvalue weighted by atomic mass is 16.7. The van der Waals surface area contributed by atoms with Gasteiger partial charge in [-0.1, -0.05) is 32.9 Å². The highest BCUT2D eigenvalue weighted by molar-refractivity contribution is 5.38. The average molecular weight is 407 g/mol. The summed E-state index contributed by atoms with van der Waals surface area (Å²) in [6, 6.07) is 6.73. The van der Waals surface area contributed by atoms with Gasteiger partial charge in [0.2, 0.25) is 0 Å². The molecule has 0 amide bonds. The van der Waals surface area contributed by atoms with Crippen molar-refractivity contribution >= 4 is 0 Å². The molecule has 0 saturated heterocycles. The maximum Gasteiger partial charge on any atom is 0.184 e. The van der Waals surface area contributed by atoms with E-state index < -0.39 is 12.6 Å². The van der Waals surface area contributed by atoms with Crippen LogP contribution in [0.5, 0.6) is 0 Å². The molecule has 1 aliphatic rings. The third-order valence-electron chi connectivity index (χ3n) is 5.97. The summed E-state index contributed by atoms with van der Waals surface area (Å²) >= 11 is 0. The molecule has 1 aromatic carbocycles. The van der Waals surface area contributed by atoms with Crippen molar-refractivity contribution in [2.75, 3.05) is 26.4 Å². The van der Waals surface area contributed by atoms with E-state index in [1.165, 1.54) is 24.8 Å².